The molecule has 6 atom stereocenters. The van der Waals surface area contributed by atoms with Crippen LogP contribution in [0.2, 0.25) is 0 Å². The lowest BCUT2D eigenvalue weighted by molar-refractivity contribution is -0.553. The number of ether oxygens (including phenoxy) is 2. The molecule has 5 heteroatoms. The molecule has 1 spiro atoms. The van der Waals surface area contributed by atoms with Crippen molar-refractivity contribution < 1.29 is 19.2 Å². The lowest BCUT2D eigenvalue weighted by Gasteiger charge is -2.57. The molecule has 2 bridgehead atoms. The molecule has 0 N–H and O–H groups in total. The lowest BCUT2D eigenvalue weighted by Crippen LogP contribution is -2.66. The lowest BCUT2D eigenvalue weighted by atomic mass is 9.59. The number of aromatic nitrogens is 1. The molecule has 3 saturated heterocycles. The van der Waals surface area contributed by atoms with Gasteiger partial charge in [-0.3, -0.25) is 4.98 Å². The first-order chi connectivity index (χ1) is 12.0. The van der Waals surface area contributed by atoms with Gasteiger partial charge in [-0.1, -0.05) is 13.0 Å². The van der Waals surface area contributed by atoms with Crippen LogP contribution in [-0.2, 0) is 19.2 Å². The summed E-state index contributed by atoms with van der Waals surface area (Å²) in [5.74, 6) is 1.28. The molecule has 6 rings (SSSR count). The molecule has 0 unspecified atom stereocenters. The van der Waals surface area contributed by atoms with E-state index in [2.05, 4.69) is 18.8 Å². The maximum Gasteiger partial charge on any atom is 0.236 e. The van der Waals surface area contributed by atoms with Crippen molar-refractivity contribution in [1.82, 2.24) is 4.98 Å². The summed E-state index contributed by atoms with van der Waals surface area (Å²) in [6, 6.07) is 5.90. The van der Waals surface area contributed by atoms with E-state index >= 15 is 0 Å². The molecular weight excluding hydrogens is 318 g/mol. The van der Waals surface area contributed by atoms with Gasteiger partial charge in [0.05, 0.1) is 0 Å². The summed E-state index contributed by atoms with van der Waals surface area (Å²) in [5.41, 5.74) is 1.51. The zero-order chi connectivity index (χ0) is 17.2. The number of hydrogen-bond acceptors (Lipinski definition) is 5. The van der Waals surface area contributed by atoms with Crippen LogP contribution in [-0.4, -0.2) is 22.7 Å². The summed E-state index contributed by atoms with van der Waals surface area (Å²) in [4.78, 5) is 16.5. The van der Waals surface area contributed by atoms with Gasteiger partial charge in [0.25, 0.3) is 0 Å². The van der Waals surface area contributed by atoms with Crippen LogP contribution < -0.4 is 0 Å². The van der Waals surface area contributed by atoms with Crippen molar-refractivity contribution >= 4 is 5.76 Å². The van der Waals surface area contributed by atoms with Crippen LogP contribution in [0.1, 0.15) is 52.1 Å². The fraction of sp³-hybridized carbons (Fsp3) is 0.650. The molecule has 5 heterocycles. The quantitative estimate of drug-likeness (QED) is 0.720. The summed E-state index contributed by atoms with van der Waals surface area (Å²) in [5, 5.41) is 0. The van der Waals surface area contributed by atoms with E-state index in [1.165, 1.54) is 12.0 Å². The normalized spacial score (nSPS) is 45.6. The van der Waals surface area contributed by atoms with Crippen molar-refractivity contribution in [3.8, 4) is 0 Å². The minimum atomic E-state index is -0.738. The Morgan fingerprint density at radius 1 is 1.16 bits per heavy atom. The first kappa shape index (κ1) is 15.8. The van der Waals surface area contributed by atoms with Gasteiger partial charge in [0.15, 0.2) is 5.60 Å². The molecule has 4 fully saturated rings. The number of pyridine rings is 1. The third-order valence-corrected chi connectivity index (χ3v) is 6.72. The van der Waals surface area contributed by atoms with Crippen molar-refractivity contribution in [1.29, 1.82) is 0 Å². The summed E-state index contributed by atoms with van der Waals surface area (Å²) < 4.78 is 12.8. The van der Waals surface area contributed by atoms with Crippen LogP contribution in [0.3, 0.4) is 0 Å². The number of fused-ring (bicyclic) bond motifs is 2. The van der Waals surface area contributed by atoms with Crippen molar-refractivity contribution in [2.45, 2.75) is 64.1 Å². The van der Waals surface area contributed by atoms with E-state index in [1.54, 1.807) is 6.20 Å². The van der Waals surface area contributed by atoms with E-state index in [0.29, 0.717) is 11.8 Å². The number of rotatable bonds is 1. The molecule has 25 heavy (non-hydrogen) atoms. The Bertz CT molecular complexity index is 720. The van der Waals surface area contributed by atoms with Gasteiger partial charge in [0, 0.05) is 24.5 Å². The topological polar surface area (TPSA) is 49.8 Å². The van der Waals surface area contributed by atoms with E-state index < -0.39 is 17.7 Å². The maximum atomic E-state index is 6.43. The highest BCUT2D eigenvalue weighted by Crippen LogP contribution is 2.60. The highest BCUT2D eigenvalue weighted by atomic mass is 17.3. The molecule has 1 aromatic rings. The largest absolute Gasteiger partial charge is 0.459 e. The Morgan fingerprint density at radius 2 is 2.04 bits per heavy atom. The van der Waals surface area contributed by atoms with Crippen LogP contribution in [0.15, 0.2) is 30.0 Å². The van der Waals surface area contributed by atoms with Gasteiger partial charge >= 0.3 is 0 Å². The van der Waals surface area contributed by atoms with Gasteiger partial charge < -0.3 is 9.47 Å². The van der Waals surface area contributed by atoms with Gasteiger partial charge in [0.2, 0.25) is 12.1 Å². The Hall–Kier alpha value is -1.43. The molecule has 5 nitrogen and oxygen atoms in total. The van der Waals surface area contributed by atoms with Crippen LogP contribution >= 0.6 is 0 Å². The van der Waals surface area contributed by atoms with Gasteiger partial charge in [0.1, 0.15) is 11.5 Å². The summed E-state index contributed by atoms with van der Waals surface area (Å²) in [6.07, 6.45) is 5.47. The van der Waals surface area contributed by atoms with Crippen LogP contribution in [0.5, 0.6) is 0 Å². The summed E-state index contributed by atoms with van der Waals surface area (Å²) in [6.45, 7) is 6.42. The molecule has 1 aliphatic carbocycles. The Labute approximate surface area is 148 Å². The second kappa shape index (κ2) is 5.29. The Kier molecular flexibility index (Phi) is 3.34. The monoisotopic (exact) mass is 343 g/mol. The van der Waals surface area contributed by atoms with Crippen molar-refractivity contribution in [2.24, 2.45) is 17.8 Å². The van der Waals surface area contributed by atoms with Gasteiger partial charge in [-0.25, -0.2) is 9.78 Å². The molecule has 134 valence electrons. The average Bonchev–Trinajstić information content (AvgIpc) is 2.85. The van der Waals surface area contributed by atoms with E-state index in [-0.39, 0.29) is 5.92 Å². The second-order valence-electron chi connectivity index (χ2n) is 8.20. The molecule has 1 saturated carbocycles. The van der Waals surface area contributed by atoms with Gasteiger partial charge in [-0.15, -0.1) is 0 Å². The van der Waals surface area contributed by atoms with Crippen molar-refractivity contribution in [3.63, 3.8) is 0 Å². The average molecular weight is 343 g/mol. The van der Waals surface area contributed by atoms with Crippen LogP contribution in [0.25, 0.3) is 5.76 Å². The van der Waals surface area contributed by atoms with Crippen LogP contribution in [0.4, 0.5) is 0 Å². The Morgan fingerprint density at radius 3 is 2.84 bits per heavy atom. The van der Waals surface area contributed by atoms with E-state index in [4.69, 9.17) is 19.2 Å². The predicted molar refractivity (Wildman–Crippen MR) is 90.7 cm³/mol. The number of hydrogen-bond donors (Lipinski definition) is 0. The minimum Gasteiger partial charge on any atom is -0.459 e. The fourth-order valence-electron chi connectivity index (χ4n) is 5.37. The van der Waals surface area contributed by atoms with Gasteiger partial charge in [-0.05, 0) is 56.7 Å². The second-order valence-corrected chi connectivity index (χ2v) is 8.20. The smallest absolute Gasteiger partial charge is 0.236 e. The highest BCUT2D eigenvalue weighted by molar-refractivity contribution is 5.62. The number of nitrogens with zero attached hydrogens (tertiary/aromatic N) is 1. The Balaban J connectivity index is 1.66. The first-order valence-corrected chi connectivity index (χ1v) is 9.37. The highest BCUT2D eigenvalue weighted by Gasteiger charge is 2.68. The van der Waals surface area contributed by atoms with Gasteiger partial charge in [-0.2, -0.15) is 0 Å². The summed E-state index contributed by atoms with van der Waals surface area (Å²) in [7, 11) is 0. The zero-order valence-electron chi connectivity index (χ0n) is 15.0. The molecule has 4 aliphatic heterocycles. The molecular formula is C20H25NO4. The maximum absolute atomic E-state index is 6.43. The van der Waals surface area contributed by atoms with Crippen molar-refractivity contribution in [2.75, 3.05) is 0 Å². The molecule has 5 aliphatic rings. The zero-order valence-corrected chi connectivity index (χ0v) is 15.0. The van der Waals surface area contributed by atoms with E-state index in [0.717, 1.165) is 30.7 Å². The third-order valence-electron chi connectivity index (χ3n) is 6.72. The molecule has 0 aromatic carbocycles. The standard InChI is InChI=1S/C20H25NO4/c1-12-7-8-15-13(2)17(16-6-4-5-11-21-16)22-18-20(15)14(12)9-10-19(3,23-18)24-25-20/h4-6,11-12,14-15,18H,7-10H2,1-3H3/t12-,14+,15+,18-,19-,20-/m1/s1. The first-order valence-electron chi connectivity index (χ1n) is 9.37. The predicted octanol–water partition coefficient (Wildman–Crippen LogP) is 4.06. The third kappa shape index (κ3) is 2.09. The van der Waals surface area contributed by atoms with E-state index in [9.17, 15) is 0 Å². The SMILES string of the molecule is CC1=C(c2ccccn2)O[C@@H]2O[C@@]3(C)CC[C@H]4[C@H](C)CC[C@@H]1[C@@]24OO3. The summed E-state index contributed by atoms with van der Waals surface area (Å²) >= 11 is 0. The van der Waals surface area contributed by atoms with Crippen molar-refractivity contribution in [3.05, 3.63) is 35.7 Å². The molecule has 1 aromatic heterocycles. The fourth-order valence-corrected chi connectivity index (χ4v) is 5.37. The molecule has 0 amide bonds. The van der Waals surface area contributed by atoms with Crippen LogP contribution in [0, 0.1) is 17.8 Å². The van der Waals surface area contributed by atoms with E-state index in [1.807, 2.05) is 25.1 Å². The minimum absolute atomic E-state index is 0.229. The molecule has 0 radical (unpaired) electrons.